The number of halogens is 1. The van der Waals surface area contributed by atoms with Crippen LogP contribution >= 0.6 is 27.3 Å². The normalized spacial score (nSPS) is 11.6. The van der Waals surface area contributed by atoms with Gasteiger partial charge in [0.25, 0.3) is 0 Å². The Kier molecular flexibility index (Phi) is 6.08. The fourth-order valence-electron chi connectivity index (χ4n) is 1.81. The molecule has 0 saturated heterocycles. The van der Waals surface area contributed by atoms with Crippen molar-refractivity contribution in [3.05, 3.63) is 56.7 Å². The highest BCUT2D eigenvalue weighted by Crippen LogP contribution is 2.22. The summed E-state index contributed by atoms with van der Waals surface area (Å²) in [4.78, 5) is 5.65. The van der Waals surface area contributed by atoms with Crippen LogP contribution in [0.4, 0.5) is 0 Å². The van der Waals surface area contributed by atoms with Gasteiger partial charge in [0.1, 0.15) is 0 Å². The number of hydrogen-bond acceptors (Lipinski definition) is 2. The summed E-state index contributed by atoms with van der Waals surface area (Å²) in [6.07, 6.45) is 1.88. The first-order valence-electron chi connectivity index (χ1n) is 6.56. The third-order valence-electron chi connectivity index (χ3n) is 2.83. The standard InChI is InChI=1S/C15H18BrN3S/c16-14-7-6-13(20-14)9-11-19-15(17)18-10-8-12-4-2-1-3-5-12/h1-7H,8-11H2,(H3,17,18,19). The number of nitrogens with zero attached hydrogens (tertiary/aromatic N) is 1. The molecule has 0 radical (unpaired) electrons. The van der Waals surface area contributed by atoms with E-state index in [1.165, 1.54) is 10.4 Å². The molecule has 2 aromatic rings. The van der Waals surface area contributed by atoms with Gasteiger partial charge in [0.2, 0.25) is 0 Å². The van der Waals surface area contributed by atoms with Gasteiger partial charge in [0.05, 0.1) is 3.79 Å². The van der Waals surface area contributed by atoms with Crippen molar-refractivity contribution in [1.82, 2.24) is 5.32 Å². The smallest absolute Gasteiger partial charge is 0.188 e. The van der Waals surface area contributed by atoms with Gasteiger partial charge in [-0.3, -0.25) is 4.99 Å². The minimum atomic E-state index is 0.525. The summed E-state index contributed by atoms with van der Waals surface area (Å²) >= 11 is 5.20. The van der Waals surface area contributed by atoms with Crippen LogP contribution in [0, 0.1) is 0 Å². The van der Waals surface area contributed by atoms with Crippen LogP contribution in [0.1, 0.15) is 10.4 Å². The molecule has 0 bridgehead atoms. The van der Waals surface area contributed by atoms with Crippen LogP contribution in [0.3, 0.4) is 0 Å². The molecule has 1 aromatic heterocycles. The van der Waals surface area contributed by atoms with E-state index in [1.807, 2.05) is 18.2 Å². The Morgan fingerprint density at radius 2 is 1.95 bits per heavy atom. The minimum absolute atomic E-state index is 0.525. The molecule has 3 N–H and O–H groups in total. The average Bonchev–Trinajstić information content (AvgIpc) is 2.86. The SMILES string of the molecule is NC(=NCCc1ccc(Br)s1)NCCc1ccccc1. The maximum Gasteiger partial charge on any atom is 0.188 e. The lowest BCUT2D eigenvalue weighted by Crippen LogP contribution is -2.33. The van der Waals surface area contributed by atoms with Crippen LogP contribution in [-0.2, 0) is 12.8 Å². The Hall–Kier alpha value is -1.33. The Balaban J connectivity index is 1.66. The van der Waals surface area contributed by atoms with E-state index in [2.05, 4.69) is 50.5 Å². The second-order valence-corrected chi connectivity index (χ2v) is 6.93. The first-order valence-corrected chi connectivity index (χ1v) is 8.17. The fraction of sp³-hybridized carbons (Fsp3) is 0.267. The zero-order valence-electron chi connectivity index (χ0n) is 11.2. The van der Waals surface area contributed by atoms with E-state index in [1.54, 1.807) is 11.3 Å². The summed E-state index contributed by atoms with van der Waals surface area (Å²) in [6.45, 7) is 1.53. The van der Waals surface area contributed by atoms with Crippen LogP contribution < -0.4 is 11.1 Å². The molecule has 0 atom stereocenters. The van der Waals surface area contributed by atoms with Gasteiger partial charge in [0.15, 0.2) is 5.96 Å². The van der Waals surface area contributed by atoms with Crippen LogP contribution in [0.15, 0.2) is 51.2 Å². The Morgan fingerprint density at radius 1 is 1.15 bits per heavy atom. The van der Waals surface area contributed by atoms with Crippen LogP contribution in [0.2, 0.25) is 0 Å². The van der Waals surface area contributed by atoms with Crippen molar-refractivity contribution in [3.8, 4) is 0 Å². The minimum Gasteiger partial charge on any atom is -0.370 e. The van der Waals surface area contributed by atoms with Gasteiger partial charge in [-0.1, -0.05) is 30.3 Å². The van der Waals surface area contributed by atoms with Crippen molar-refractivity contribution in [3.63, 3.8) is 0 Å². The highest BCUT2D eigenvalue weighted by Gasteiger charge is 1.97. The molecule has 1 heterocycles. The van der Waals surface area contributed by atoms with Gasteiger partial charge >= 0.3 is 0 Å². The number of rotatable bonds is 6. The number of hydrogen-bond donors (Lipinski definition) is 2. The largest absolute Gasteiger partial charge is 0.370 e. The van der Waals surface area contributed by atoms with Crippen molar-refractivity contribution in [2.24, 2.45) is 10.7 Å². The van der Waals surface area contributed by atoms with Gasteiger partial charge < -0.3 is 11.1 Å². The van der Waals surface area contributed by atoms with Crippen molar-refractivity contribution in [1.29, 1.82) is 0 Å². The van der Waals surface area contributed by atoms with Gasteiger partial charge in [-0.05, 0) is 40.0 Å². The monoisotopic (exact) mass is 351 g/mol. The lowest BCUT2D eigenvalue weighted by atomic mass is 10.1. The van der Waals surface area contributed by atoms with E-state index in [4.69, 9.17) is 5.73 Å². The molecule has 0 aliphatic carbocycles. The molecular formula is C15H18BrN3S. The number of thiophene rings is 1. The predicted octanol–water partition coefficient (Wildman–Crippen LogP) is 3.20. The maximum absolute atomic E-state index is 5.84. The van der Waals surface area contributed by atoms with Gasteiger partial charge in [0, 0.05) is 24.4 Å². The molecule has 106 valence electrons. The fourth-order valence-corrected chi connectivity index (χ4v) is 3.28. The molecule has 0 saturated carbocycles. The zero-order chi connectivity index (χ0) is 14.2. The molecule has 1 aromatic carbocycles. The van der Waals surface area contributed by atoms with Crippen LogP contribution in [-0.4, -0.2) is 19.0 Å². The summed E-state index contributed by atoms with van der Waals surface area (Å²) in [5.74, 6) is 0.525. The number of nitrogens with one attached hydrogen (secondary N) is 1. The van der Waals surface area contributed by atoms with E-state index in [-0.39, 0.29) is 0 Å². The number of benzene rings is 1. The quantitative estimate of drug-likeness (QED) is 0.620. The maximum atomic E-state index is 5.84. The molecule has 0 amide bonds. The molecule has 0 aliphatic heterocycles. The first-order chi connectivity index (χ1) is 9.74. The highest BCUT2D eigenvalue weighted by molar-refractivity contribution is 9.11. The van der Waals surface area contributed by atoms with Gasteiger partial charge in [-0.15, -0.1) is 11.3 Å². The van der Waals surface area contributed by atoms with E-state index in [0.29, 0.717) is 5.96 Å². The van der Waals surface area contributed by atoms with Gasteiger partial charge in [-0.25, -0.2) is 0 Å². The summed E-state index contributed by atoms with van der Waals surface area (Å²) in [5.41, 5.74) is 7.14. The molecule has 0 spiro atoms. The van der Waals surface area contributed by atoms with E-state index in [0.717, 1.165) is 29.7 Å². The van der Waals surface area contributed by atoms with Crippen molar-refractivity contribution in [2.75, 3.05) is 13.1 Å². The number of nitrogens with two attached hydrogens (primary N) is 1. The average molecular weight is 352 g/mol. The van der Waals surface area contributed by atoms with Crippen LogP contribution in [0.25, 0.3) is 0 Å². The first kappa shape index (κ1) is 15.1. The molecule has 20 heavy (non-hydrogen) atoms. The van der Waals surface area contributed by atoms with Gasteiger partial charge in [-0.2, -0.15) is 0 Å². The third kappa shape index (κ3) is 5.35. The van der Waals surface area contributed by atoms with Crippen molar-refractivity contribution < 1.29 is 0 Å². The molecule has 0 fully saturated rings. The summed E-state index contributed by atoms with van der Waals surface area (Å²) in [7, 11) is 0. The number of aliphatic imine (C=N–C) groups is 1. The Bertz CT molecular complexity index is 551. The Labute approximate surface area is 132 Å². The van der Waals surface area contributed by atoms with E-state index in [9.17, 15) is 0 Å². The summed E-state index contributed by atoms with van der Waals surface area (Å²) in [6, 6.07) is 14.5. The predicted molar refractivity (Wildman–Crippen MR) is 90.4 cm³/mol. The zero-order valence-corrected chi connectivity index (χ0v) is 13.6. The molecule has 2 rings (SSSR count). The molecule has 3 nitrogen and oxygen atoms in total. The van der Waals surface area contributed by atoms with Crippen molar-refractivity contribution >= 4 is 33.2 Å². The lowest BCUT2D eigenvalue weighted by Gasteiger charge is -2.05. The molecule has 5 heteroatoms. The molecule has 0 unspecified atom stereocenters. The summed E-state index contributed by atoms with van der Waals surface area (Å²) in [5, 5.41) is 3.14. The third-order valence-corrected chi connectivity index (χ3v) is 4.52. The molecular weight excluding hydrogens is 334 g/mol. The topological polar surface area (TPSA) is 50.4 Å². The highest BCUT2D eigenvalue weighted by atomic mass is 79.9. The second-order valence-electron chi connectivity index (χ2n) is 4.39. The lowest BCUT2D eigenvalue weighted by molar-refractivity contribution is 0.845. The van der Waals surface area contributed by atoms with E-state index >= 15 is 0 Å². The summed E-state index contributed by atoms with van der Waals surface area (Å²) < 4.78 is 1.16. The number of guanidine groups is 1. The second kappa shape index (κ2) is 8.07. The Morgan fingerprint density at radius 3 is 2.65 bits per heavy atom. The molecule has 0 aliphatic rings. The van der Waals surface area contributed by atoms with E-state index < -0.39 is 0 Å². The van der Waals surface area contributed by atoms with Crippen molar-refractivity contribution in [2.45, 2.75) is 12.8 Å². The van der Waals surface area contributed by atoms with Crippen LogP contribution in [0.5, 0.6) is 0 Å².